The van der Waals surface area contributed by atoms with Gasteiger partial charge in [0, 0.05) is 0 Å². The number of benzene rings is 3. The molecular formula is C30H33Cl2Zr-. The van der Waals surface area contributed by atoms with Crippen molar-refractivity contribution in [3.8, 4) is 22.3 Å². The van der Waals surface area contributed by atoms with Gasteiger partial charge in [-0.2, -0.15) is 0 Å². The van der Waals surface area contributed by atoms with E-state index in [-0.39, 0.29) is 0 Å². The second-order valence-corrected chi connectivity index (χ2v) is 13.0. The summed E-state index contributed by atoms with van der Waals surface area (Å²) in [5, 5.41) is 2.72. The van der Waals surface area contributed by atoms with Crippen LogP contribution in [0, 0.1) is 0 Å². The van der Waals surface area contributed by atoms with E-state index in [1.807, 2.05) is 0 Å². The Morgan fingerprint density at radius 3 is 1.94 bits per heavy atom. The summed E-state index contributed by atoms with van der Waals surface area (Å²) in [7, 11) is 9.87. The molecule has 0 bridgehead atoms. The van der Waals surface area contributed by atoms with Gasteiger partial charge in [-0.1, -0.05) is 107 Å². The number of aryl methyl sites for hydroxylation is 1. The van der Waals surface area contributed by atoms with Crippen LogP contribution in [0.4, 0.5) is 0 Å². The van der Waals surface area contributed by atoms with Crippen molar-refractivity contribution in [1.29, 1.82) is 0 Å². The third-order valence-corrected chi connectivity index (χ3v) is 6.20. The summed E-state index contributed by atoms with van der Waals surface area (Å²) in [5.74, 6) is 1.05. The molecule has 0 saturated carbocycles. The molecule has 3 heteroatoms. The van der Waals surface area contributed by atoms with Gasteiger partial charge in [-0.05, 0) is 40.5 Å². The van der Waals surface area contributed by atoms with Gasteiger partial charge in [0.15, 0.2) is 0 Å². The molecule has 0 aromatic heterocycles. The molecule has 33 heavy (non-hydrogen) atoms. The molecule has 0 unspecified atom stereocenters. The molecule has 0 amide bonds. The summed E-state index contributed by atoms with van der Waals surface area (Å²) < 4.78 is 0. The van der Waals surface area contributed by atoms with Crippen LogP contribution >= 0.6 is 17.0 Å². The van der Waals surface area contributed by atoms with E-state index in [4.69, 9.17) is 17.0 Å². The van der Waals surface area contributed by atoms with E-state index in [0.29, 0.717) is 11.8 Å². The third-order valence-electron chi connectivity index (χ3n) is 6.20. The average molecular weight is 556 g/mol. The fraction of sp³-hybridized carbons (Fsp3) is 0.300. The van der Waals surface area contributed by atoms with Crippen LogP contribution in [-0.4, -0.2) is 0 Å². The molecule has 4 aromatic carbocycles. The molecule has 0 aliphatic carbocycles. The number of rotatable bonds is 6. The Bertz CT molecular complexity index is 1150. The van der Waals surface area contributed by atoms with E-state index >= 15 is 0 Å². The summed E-state index contributed by atoms with van der Waals surface area (Å²) in [6, 6.07) is 27.4. The molecule has 0 aliphatic rings. The fourth-order valence-corrected chi connectivity index (χ4v) is 4.43. The molecule has 4 rings (SSSR count). The molecule has 0 nitrogen and oxygen atoms in total. The third kappa shape index (κ3) is 6.45. The number of hydrogen-bond acceptors (Lipinski definition) is 0. The minimum atomic E-state index is -0.826. The molecule has 0 atom stereocenters. The zero-order chi connectivity index (χ0) is 24.0. The maximum absolute atomic E-state index is 4.93. The van der Waals surface area contributed by atoms with Crippen molar-refractivity contribution in [2.24, 2.45) is 0 Å². The Morgan fingerprint density at radius 1 is 0.788 bits per heavy atom. The van der Waals surface area contributed by atoms with E-state index < -0.39 is 20.8 Å². The van der Waals surface area contributed by atoms with Gasteiger partial charge >= 0.3 is 37.9 Å². The van der Waals surface area contributed by atoms with Gasteiger partial charge in [-0.25, -0.2) is 0 Å². The van der Waals surface area contributed by atoms with Crippen molar-refractivity contribution in [3.05, 3.63) is 89.5 Å². The molecule has 0 spiro atoms. The first-order chi connectivity index (χ1) is 15.9. The van der Waals surface area contributed by atoms with Gasteiger partial charge in [0.2, 0.25) is 0 Å². The van der Waals surface area contributed by atoms with E-state index in [1.54, 1.807) is 0 Å². The van der Waals surface area contributed by atoms with Gasteiger partial charge in [0.1, 0.15) is 0 Å². The maximum atomic E-state index is 4.93. The molecule has 0 saturated heterocycles. The van der Waals surface area contributed by atoms with Crippen molar-refractivity contribution < 1.29 is 20.8 Å². The van der Waals surface area contributed by atoms with Gasteiger partial charge in [-0.15, -0.1) is 34.5 Å². The van der Waals surface area contributed by atoms with Crippen molar-refractivity contribution in [2.45, 2.75) is 59.3 Å². The first kappa shape index (κ1) is 26.3. The van der Waals surface area contributed by atoms with Crippen LogP contribution in [-0.2, 0) is 27.3 Å². The topological polar surface area (TPSA) is 0 Å². The summed E-state index contributed by atoms with van der Waals surface area (Å²) in [4.78, 5) is 0. The summed E-state index contributed by atoms with van der Waals surface area (Å²) in [6.45, 7) is 11.5. The van der Waals surface area contributed by atoms with Crippen molar-refractivity contribution in [1.82, 2.24) is 0 Å². The van der Waals surface area contributed by atoms with Crippen LogP contribution in [0.2, 0.25) is 0 Å². The van der Waals surface area contributed by atoms with Crippen molar-refractivity contribution >= 4 is 27.8 Å². The molecule has 0 radical (unpaired) electrons. The van der Waals surface area contributed by atoms with Crippen LogP contribution in [0.3, 0.4) is 0 Å². The normalized spacial score (nSPS) is 11.1. The average Bonchev–Trinajstić information content (AvgIpc) is 3.24. The predicted octanol–water partition coefficient (Wildman–Crippen LogP) is 10.5. The molecule has 4 aromatic rings. The molecule has 0 fully saturated rings. The monoisotopic (exact) mass is 553 g/mol. The number of hydrogen-bond donors (Lipinski definition) is 0. The first-order valence-electron chi connectivity index (χ1n) is 11.8. The van der Waals surface area contributed by atoms with E-state index in [1.165, 1.54) is 49.7 Å². The van der Waals surface area contributed by atoms with Crippen LogP contribution in [0.25, 0.3) is 33.0 Å². The van der Waals surface area contributed by atoms with Gasteiger partial charge in [-0.3, -0.25) is 0 Å². The van der Waals surface area contributed by atoms with E-state index in [9.17, 15) is 0 Å². The van der Waals surface area contributed by atoms with Gasteiger partial charge in [0.25, 0.3) is 0 Å². The number of fused-ring (bicyclic) bond motifs is 1. The van der Waals surface area contributed by atoms with Crippen molar-refractivity contribution in [2.75, 3.05) is 0 Å². The molecule has 0 N–H and O–H groups in total. The Balaban J connectivity index is 0.000000968. The van der Waals surface area contributed by atoms with Crippen LogP contribution in [0.5, 0.6) is 0 Å². The molecule has 0 aliphatic heterocycles. The Kier molecular flexibility index (Phi) is 9.93. The fourth-order valence-electron chi connectivity index (χ4n) is 4.43. The zero-order valence-electron chi connectivity index (χ0n) is 20.3. The standard InChI is InChI=1S/C30H33.2ClH.Zr/c1-6-10-23-13-14-24-15-27(22-11-8-7-9-12-22)19-29(24)30(23)28-17-25(20(2)3)16-26(18-28)21(4)5;;;/h7-9,11-21H,6,10H2,1-5H3;2*1H;/q-1;;;+2/p-2. The molecule has 0 heterocycles. The van der Waals surface area contributed by atoms with E-state index in [0.717, 1.165) is 12.8 Å². The number of halogens is 2. The first-order valence-corrected chi connectivity index (χ1v) is 18.1. The van der Waals surface area contributed by atoms with Crippen LogP contribution in [0.15, 0.2) is 72.8 Å². The minimum absolute atomic E-state index is 0.524. The SMILES string of the molecule is CCCc1ccc2[cH-]c(-c3ccccc3)cc2c1-c1cc(C(C)C)cc(C(C)C)c1.[Cl][Zr][Cl]. The van der Waals surface area contributed by atoms with Crippen LogP contribution < -0.4 is 0 Å². The van der Waals surface area contributed by atoms with Crippen molar-refractivity contribution in [3.63, 3.8) is 0 Å². The molecule has 172 valence electrons. The quantitative estimate of drug-likeness (QED) is 0.208. The summed E-state index contributed by atoms with van der Waals surface area (Å²) >= 11 is -0.826. The van der Waals surface area contributed by atoms with Crippen LogP contribution in [0.1, 0.15) is 69.6 Å². The Morgan fingerprint density at radius 2 is 1.39 bits per heavy atom. The Labute approximate surface area is 218 Å². The Hall–Kier alpha value is -1.27. The summed E-state index contributed by atoms with van der Waals surface area (Å²) in [6.07, 6.45) is 2.27. The predicted molar refractivity (Wildman–Crippen MR) is 144 cm³/mol. The molecular weight excluding hydrogens is 522 g/mol. The van der Waals surface area contributed by atoms with Gasteiger partial charge in [0.05, 0.1) is 0 Å². The summed E-state index contributed by atoms with van der Waals surface area (Å²) in [5.41, 5.74) is 9.74. The van der Waals surface area contributed by atoms with Gasteiger partial charge < -0.3 is 0 Å². The second-order valence-electron chi connectivity index (χ2n) is 9.23. The second kappa shape index (κ2) is 12.4. The van der Waals surface area contributed by atoms with E-state index in [2.05, 4.69) is 107 Å². The zero-order valence-corrected chi connectivity index (χ0v) is 24.2.